The highest BCUT2D eigenvalue weighted by molar-refractivity contribution is 5.92. The molecule has 2 unspecified atom stereocenters. The van der Waals surface area contributed by atoms with Gasteiger partial charge in [-0.05, 0) is 12.8 Å². The standard InChI is InChI=1S/C15H26N2O6/c1-5-9(13(21)16-8-11(19)15(2,3)4)17-12(20)7-6-10(18)14(22)23/h9-10,18H,5-8H2,1-4H3,(H,16,21)(H,17,20)(H,22,23). The fourth-order valence-electron chi connectivity index (χ4n) is 1.57. The fraction of sp³-hybridized carbons (Fsp3) is 0.733. The van der Waals surface area contributed by atoms with E-state index in [1.165, 1.54) is 0 Å². The number of carboxylic acids is 1. The minimum atomic E-state index is -1.61. The number of hydrogen-bond donors (Lipinski definition) is 4. The number of rotatable bonds is 9. The third-order valence-electron chi connectivity index (χ3n) is 3.25. The first kappa shape index (κ1) is 21.0. The summed E-state index contributed by atoms with van der Waals surface area (Å²) >= 11 is 0. The number of aliphatic carboxylic acids is 1. The van der Waals surface area contributed by atoms with Crippen molar-refractivity contribution in [2.45, 2.75) is 59.1 Å². The van der Waals surface area contributed by atoms with E-state index in [4.69, 9.17) is 10.2 Å². The van der Waals surface area contributed by atoms with Crippen LogP contribution in [0.4, 0.5) is 0 Å². The van der Waals surface area contributed by atoms with E-state index in [1.807, 2.05) is 0 Å². The summed E-state index contributed by atoms with van der Waals surface area (Å²) < 4.78 is 0. The average molecular weight is 330 g/mol. The molecule has 0 fully saturated rings. The summed E-state index contributed by atoms with van der Waals surface area (Å²) in [5, 5.41) is 22.6. The number of carbonyl (C=O) groups excluding carboxylic acids is 3. The van der Waals surface area contributed by atoms with Crippen LogP contribution < -0.4 is 10.6 Å². The highest BCUT2D eigenvalue weighted by Gasteiger charge is 2.24. The van der Waals surface area contributed by atoms with Gasteiger partial charge in [0.15, 0.2) is 11.9 Å². The molecule has 8 nitrogen and oxygen atoms in total. The number of carbonyl (C=O) groups is 4. The Morgan fingerprint density at radius 1 is 1.13 bits per heavy atom. The van der Waals surface area contributed by atoms with Gasteiger partial charge >= 0.3 is 5.97 Å². The summed E-state index contributed by atoms with van der Waals surface area (Å²) in [5.41, 5.74) is -0.564. The van der Waals surface area contributed by atoms with Gasteiger partial charge < -0.3 is 20.8 Å². The van der Waals surface area contributed by atoms with Crippen molar-refractivity contribution in [2.75, 3.05) is 6.54 Å². The van der Waals surface area contributed by atoms with Gasteiger partial charge in [0, 0.05) is 11.8 Å². The number of ketones is 1. The second kappa shape index (κ2) is 9.24. The van der Waals surface area contributed by atoms with Crippen LogP contribution in [-0.4, -0.2) is 52.5 Å². The fourth-order valence-corrected chi connectivity index (χ4v) is 1.57. The molecule has 132 valence electrons. The summed E-state index contributed by atoms with van der Waals surface area (Å²) in [7, 11) is 0. The van der Waals surface area contributed by atoms with Crippen LogP contribution in [0.25, 0.3) is 0 Å². The highest BCUT2D eigenvalue weighted by Crippen LogP contribution is 2.13. The number of aliphatic hydroxyl groups excluding tert-OH is 1. The summed E-state index contributed by atoms with van der Waals surface area (Å²) in [6.07, 6.45) is -1.73. The van der Waals surface area contributed by atoms with Crippen LogP contribution in [0.5, 0.6) is 0 Å². The summed E-state index contributed by atoms with van der Waals surface area (Å²) in [6.45, 7) is 6.81. The SMILES string of the molecule is CCC(NC(=O)CCC(O)C(=O)O)C(=O)NCC(=O)C(C)(C)C. The second-order valence-corrected chi connectivity index (χ2v) is 6.31. The van der Waals surface area contributed by atoms with E-state index in [1.54, 1.807) is 27.7 Å². The molecule has 0 aliphatic heterocycles. The van der Waals surface area contributed by atoms with Crippen molar-refractivity contribution in [1.82, 2.24) is 10.6 Å². The molecule has 0 aromatic rings. The first-order valence-electron chi connectivity index (χ1n) is 7.50. The maximum atomic E-state index is 12.0. The van der Waals surface area contributed by atoms with E-state index in [0.717, 1.165) is 0 Å². The second-order valence-electron chi connectivity index (χ2n) is 6.31. The summed E-state index contributed by atoms with van der Waals surface area (Å²) in [6, 6.07) is -0.808. The molecule has 0 heterocycles. The van der Waals surface area contributed by atoms with Gasteiger partial charge in [0.25, 0.3) is 0 Å². The van der Waals surface area contributed by atoms with Crippen LogP contribution in [0.15, 0.2) is 0 Å². The maximum Gasteiger partial charge on any atom is 0.332 e. The van der Waals surface area contributed by atoms with E-state index in [2.05, 4.69) is 10.6 Å². The number of amides is 2. The van der Waals surface area contributed by atoms with Crippen molar-refractivity contribution in [2.24, 2.45) is 5.41 Å². The van der Waals surface area contributed by atoms with Gasteiger partial charge in [0.05, 0.1) is 6.54 Å². The molecular formula is C15H26N2O6. The van der Waals surface area contributed by atoms with Crippen molar-refractivity contribution in [3.05, 3.63) is 0 Å². The van der Waals surface area contributed by atoms with Crippen molar-refractivity contribution in [1.29, 1.82) is 0 Å². The van der Waals surface area contributed by atoms with Crippen LogP contribution in [0, 0.1) is 5.41 Å². The van der Waals surface area contributed by atoms with Crippen LogP contribution >= 0.6 is 0 Å². The van der Waals surface area contributed by atoms with Gasteiger partial charge in [0.1, 0.15) is 6.04 Å². The largest absolute Gasteiger partial charge is 0.479 e. The molecule has 0 spiro atoms. The Labute approximate surface area is 135 Å². The van der Waals surface area contributed by atoms with Gasteiger partial charge in [-0.3, -0.25) is 14.4 Å². The van der Waals surface area contributed by atoms with Crippen LogP contribution in [0.3, 0.4) is 0 Å². The number of Topliss-reactive ketones (excluding diaryl/α,β-unsaturated/α-hetero) is 1. The van der Waals surface area contributed by atoms with Crippen molar-refractivity contribution in [3.63, 3.8) is 0 Å². The lowest BCUT2D eigenvalue weighted by molar-refractivity contribution is -0.147. The van der Waals surface area contributed by atoms with Crippen molar-refractivity contribution < 1.29 is 29.4 Å². The van der Waals surface area contributed by atoms with E-state index >= 15 is 0 Å². The molecule has 0 bridgehead atoms. The molecule has 2 atom stereocenters. The van der Waals surface area contributed by atoms with Crippen LogP contribution in [-0.2, 0) is 19.2 Å². The maximum absolute atomic E-state index is 12.0. The third-order valence-corrected chi connectivity index (χ3v) is 3.25. The lowest BCUT2D eigenvalue weighted by Gasteiger charge is -2.20. The molecule has 2 amide bonds. The van der Waals surface area contributed by atoms with E-state index < -0.39 is 35.3 Å². The predicted molar refractivity (Wildman–Crippen MR) is 82.6 cm³/mol. The first-order chi connectivity index (χ1) is 10.5. The molecule has 8 heteroatoms. The van der Waals surface area contributed by atoms with Crippen LogP contribution in [0.2, 0.25) is 0 Å². The first-order valence-corrected chi connectivity index (χ1v) is 7.50. The van der Waals surface area contributed by atoms with E-state index in [-0.39, 0.29) is 25.2 Å². The van der Waals surface area contributed by atoms with Crippen molar-refractivity contribution in [3.8, 4) is 0 Å². The minimum absolute atomic E-state index is 0.119. The Kier molecular flexibility index (Phi) is 8.45. The summed E-state index contributed by atoms with van der Waals surface area (Å²) in [5.74, 6) is -2.54. The minimum Gasteiger partial charge on any atom is -0.479 e. The molecule has 0 aromatic heterocycles. The molecule has 0 radical (unpaired) electrons. The molecule has 0 rings (SSSR count). The van der Waals surface area contributed by atoms with Gasteiger partial charge in [-0.15, -0.1) is 0 Å². The van der Waals surface area contributed by atoms with Gasteiger partial charge in [-0.2, -0.15) is 0 Å². The van der Waals surface area contributed by atoms with Gasteiger partial charge in [0.2, 0.25) is 11.8 Å². The topological polar surface area (TPSA) is 133 Å². The molecule has 0 aliphatic carbocycles. The zero-order valence-corrected chi connectivity index (χ0v) is 14.0. The van der Waals surface area contributed by atoms with E-state index in [9.17, 15) is 19.2 Å². The molecule has 0 saturated carbocycles. The monoisotopic (exact) mass is 330 g/mol. The molecule has 0 aromatic carbocycles. The Balaban J connectivity index is 4.37. The smallest absolute Gasteiger partial charge is 0.332 e. The zero-order valence-electron chi connectivity index (χ0n) is 14.0. The molecule has 23 heavy (non-hydrogen) atoms. The van der Waals surface area contributed by atoms with Gasteiger partial charge in [-0.25, -0.2) is 4.79 Å². The molecule has 0 saturated heterocycles. The molecule has 0 aliphatic rings. The number of carboxylic acid groups (broad SMARTS) is 1. The normalized spacial score (nSPS) is 13.8. The number of hydrogen-bond acceptors (Lipinski definition) is 5. The quantitative estimate of drug-likeness (QED) is 0.464. The third kappa shape index (κ3) is 8.29. The molecular weight excluding hydrogens is 304 g/mol. The summed E-state index contributed by atoms with van der Waals surface area (Å²) in [4.78, 5) is 45.9. The number of nitrogens with one attached hydrogen (secondary N) is 2. The van der Waals surface area contributed by atoms with Gasteiger partial charge in [-0.1, -0.05) is 27.7 Å². The lowest BCUT2D eigenvalue weighted by Crippen LogP contribution is -2.48. The zero-order chi connectivity index (χ0) is 18.2. The predicted octanol–water partition coefficient (Wildman–Crippen LogP) is -0.162. The average Bonchev–Trinajstić information content (AvgIpc) is 2.45. The Morgan fingerprint density at radius 2 is 1.70 bits per heavy atom. The van der Waals surface area contributed by atoms with E-state index in [0.29, 0.717) is 6.42 Å². The lowest BCUT2D eigenvalue weighted by atomic mass is 9.91. The highest BCUT2D eigenvalue weighted by atomic mass is 16.4. The Hall–Kier alpha value is -1.96. The van der Waals surface area contributed by atoms with Crippen molar-refractivity contribution >= 4 is 23.6 Å². The Bertz CT molecular complexity index is 455. The Morgan fingerprint density at radius 3 is 2.13 bits per heavy atom. The molecule has 4 N–H and O–H groups in total. The van der Waals surface area contributed by atoms with Crippen LogP contribution in [0.1, 0.15) is 47.0 Å². The number of aliphatic hydroxyl groups is 1.